The molecule has 0 fully saturated rings. The number of carbonyl (C=O) groups excluding carboxylic acids is 1. The van der Waals surface area contributed by atoms with Crippen LogP contribution < -0.4 is 4.74 Å². The normalized spacial score (nSPS) is 12.0. The minimum atomic E-state index is 0.155. The van der Waals surface area contributed by atoms with Crippen LogP contribution in [0, 0.1) is 0 Å². The van der Waals surface area contributed by atoms with E-state index in [4.69, 9.17) is 4.74 Å². The van der Waals surface area contributed by atoms with Gasteiger partial charge >= 0.3 is 0 Å². The van der Waals surface area contributed by atoms with Crippen LogP contribution in [0.5, 0.6) is 5.75 Å². The van der Waals surface area contributed by atoms with Crippen LogP contribution in [0.3, 0.4) is 0 Å². The Labute approximate surface area is 177 Å². The molecule has 0 aliphatic rings. The molecule has 0 saturated heterocycles. The van der Waals surface area contributed by atoms with Crippen LogP contribution in [-0.4, -0.2) is 11.9 Å². The van der Waals surface area contributed by atoms with Crippen LogP contribution in [0.4, 0.5) is 0 Å². The van der Waals surface area contributed by atoms with E-state index >= 15 is 0 Å². The van der Waals surface area contributed by atoms with Gasteiger partial charge in [0.05, 0.1) is 6.10 Å². The lowest BCUT2D eigenvalue weighted by atomic mass is 10.0. The molecule has 0 radical (unpaired) electrons. The fraction of sp³-hybridized carbons (Fsp3) is 0.519. The molecule has 0 heterocycles. The Kier molecular flexibility index (Phi) is 10.5. The number of ketones is 1. The molecule has 2 heteroatoms. The van der Waals surface area contributed by atoms with Crippen LogP contribution >= 0.6 is 0 Å². The highest BCUT2D eigenvalue weighted by molar-refractivity contribution is 5.97. The average Bonchev–Trinajstić information content (AvgIpc) is 2.73. The summed E-state index contributed by atoms with van der Waals surface area (Å²) < 4.78 is 5.99. The first-order chi connectivity index (χ1) is 14.1. The van der Waals surface area contributed by atoms with E-state index in [-0.39, 0.29) is 11.9 Å². The van der Waals surface area contributed by atoms with Crippen molar-refractivity contribution < 1.29 is 9.53 Å². The summed E-state index contributed by atoms with van der Waals surface area (Å²) in [7, 11) is 0. The van der Waals surface area contributed by atoms with E-state index in [0.717, 1.165) is 29.7 Å². The Morgan fingerprint density at radius 3 is 2.07 bits per heavy atom. The molecule has 2 nitrogen and oxygen atoms in total. The Hall–Kier alpha value is -2.09. The van der Waals surface area contributed by atoms with Gasteiger partial charge in [0, 0.05) is 12.0 Å². The zero-order chi connectivity index (χ0) is 20.9. The molecular weight excluding hydrogens is 356 g/mol. The van der Waals surface area contributed by atoms with Gasteiger partial charge in [-0.25, -0.2) is 0 Å². The first-order valence-electron chi connectivity index (χ1n) is 11.5. The van der Waals surface area contributed by atoms with E-state index in [1.54, 1.807) is 0 Å². The molecular formula is C27H38O2. The molecule has 1 atom stereocenters. The lowest BCUT2D eigenvalue weighted by molar-refractivity contribution is 0.0993. The van der Waals surface area contributed by atoms with Gasteiger partial charge in [-0.05, 0) is 68.0 Å². The second-order valence-electron chi connectivity index (χ2n) is 8.18. The molecule has 0 aliphatic heterocycles. The molecule has 0 saturated carbocycles. The predicted octanol–water partition coefficient (Wildman–Crippen LogP) is 7.58. The second kappa shape index (κ2) is 13.2. The van der Waals surface area contributed by atoms with Gasteiger partial charge in [-0.1, -0.05) is 70.2 Å². The predicted molar refractivity (Wildman–Crippen MR) is 123 cm³/mol. The van der Waals surface area contributed by atoms with Crippen molar-refractivity contribution in [3.05, 3.63) is 65.2 Å². The molecule has 0 aliphatic carbocycles. The number of benzene rings is 2. The highest BCUT2D eigenvalue weighted by Crippen LogP contribution is 2.18. The number of carbonyl (C=O) groups is 1. The van der Waals surface area contributed by atoms with Crippen molar-refractivity contribution in [1.29, 1.82) is 0 Å². The van der Waals surface area contributed by atoms with Crippen molar-refractivity contribution in [2.45, 2.75) is 91.1 Å². The SMILES string of the molecule is CCCCCCC(C)Oc1ccc(C(=O)Cc2ccc(CCCCC)cc2)cc1. The van der Waals surface area contributed by atoms with Crippen molar-refractivity contribution in [2.75, 3.05) is 0 Å². The Morgan fingerprint density at radius 2 is 1.41 bits per heavy atom. The maximum Gasteiger partial charge on any atom is 0.167 e. The largest absolute Gasteiger partial charge is 0.491 e. The summed E-state index contributed by atoms with van der Waals surface area (Å²) in [6, 6.07) is 16.1. The van der Waals surface area contributed by atoms with Gasteiger partial charge < -0.3 is 4.74 Å². The van der Waals surface area contributed by atoms with Crippen molar-refractivity contribution in [2.24, 2.45) is 0 Å². The molecule has 29 heavy (non-hydrogen) atoms. The minimum absolute atomic E-state index is 0.155. The van der Waals surface area contributed by atoms with Gasteiger partial charge in [-0.15, -0.1) is 0 Å². The van der Waals surface area contributed by atoms with E-state index < -0.39 is 0 Å². The van der Waals surface area contributed by atoms with Crippen LogP contribution in [0.25, 0.3) is 0 Å². The third kappa shape index (κ3) is 8.85. The number of hydrogen-bond acceptors (Lipinski definition) is 2. The monoisotopic (exact) mass is 394 g/mol. The smallest absolute Gasteiger partial charge is 0.167 e. The van der Waals surface area contributed by atoms with E-state index in [9.17, 15) is 4.79 Å². The summed E-state index contributed by atoms with van der Waals surface area (Å²) in [4.78, 5) is 12.6. The third-order valence-corrected chi connectivity index (χ3v) is 5.43. The zero-order valence-corrected chi connectivity index (χ0v) is 18.6. The summed E-state index contributed by atoms with van der Waals surface area (Å²) in [5.74, 6) is 1.00. The molecule has 158 valence electrons. The molecule has 0 aromatic heterocycles. The Balaban J connectivity index is 1.80. The Bertz CT molecular complexity index is 700. The third-order valence-electron chi connectivity index (χ3n) is 5.43. The summed E-state index contributed by atoms with van der Waals surface area (Å²) in [5.41, 5.74) is 3.19. The van der Waals surface area contributed by atoms with E-state index in [2.05, 4.69) is 45.0 Å². The molecule has 1 unspecified atom stereocenters. The highest BCUT2D eigenvalue weighted by atomic mass is 16.5. The Morgan fingerprint density at radius 1 is 0.793 bits per heavy atom. The highest BCUT2D eigenvalue weighted by Gasteiger charge is 2.09. The minimum Gasteiger partial charge on any atom is -0.491 e. The van der Waals surface area contributed by atoms with Crippen LogP contribution in [-0.2, 0) is 12.8 Å². The number of aryl methyl sites for hydroxylation is 1. The van der Waals surface area contributed by atoms with Gasteiger partial charge in [0.2, 0.25) is 0 Å². The summed E-state index contributed by atoms with van der Waals surface area (Å²) >= 11 is 0. The standard InChI is InChI=1S/C27H38O2/c1-4-6-8-10-11-22(3)29-26-19-17-25(18-20-26)27(28)21-24-15-13-23(14-16-24)12-9-7-5-2/h13-20,22H,4-12,21H2,1-3H3. The van der Waals surface area contributed by atoms with E-state index in [0.29, 0.717) is 6.42 Å². The average molecular weight is 395 g/mol. The van der Waals surface area contributed by atoms with Crippen LogP contribution in [0.2, 0.25) is 0 Å². The van der Waals surface area contributed by atoms with Crippen molar-refractivity contribution >= 4 is 5.78 Å². The van der Waals surface area contributed by atoms with Crippen LogP contribution in [0.1, 0.15) is 93.6 Å². The van der Waals surface area contributed by atoms with Crippen molar-refractivity contribution in [1.82, 2.24) is 0 Å². The van der Waals surface area contributed by atoms with Crippen molar-refractivity contribution in [3.8, 4) is 5.75 Å². The lowest BCUT2D eigenvalue weighted by Gasteiger charge is -2.15. The maximum absolute atomic E-state index is 12.6. The number of Topliss-reactive ketones (excluding diaryl/α,β-unsaturated/α-hetero) is 1. The van der Waals surface area contributed by atoms with E-state index in [1.807, 2.05) is 24.3 Å². The van der Waals surface area contributed by atoms with Gasteiger partial charge in [0.25, 0.3) is 0 Å². The zero-order valence-electron chi connectivity index (χ0n) is 18.6. The molecule has 0 bridgehead atoms. The first kappa shape index (κ1) is 23.2. The van der Waals surface area contributed by atoms with Crippen LogP contribution in [0.15, 0.2) is 48.5 Å². The molecule has 0 amide bonds. The summed E-state index contributed by atoms with van der Waals surface area (Å²) in [5, 5.41) is 0. The summed E-state index contributed by atoms with van der Waals surface area (Å²) in [6.45, 7) is 6.58. The van der Waals surface area contributed by atoms with Crippen molar-refractivity contribution in [3.63, 3.8) is 0 Å². The number of hydrogen-bond donors (Lipinski definition) is 0. The molecule has 2 rings (SSSR count). The first-order valence-corrected chi connectivity index (χ1v) is 11.5. The van der Waals surface area contributed by atoms with Gasteiger partial charge in [0.1, 0.15) is 5.75 Å². The maximum atomic E-state index is 12.6. The fourth-order valence-electron chi connectivity index (χ4n) is 3.56. The quantitative estimate of drug-likeness (QED) is 0.244. The molecule has 0 N–H and O–H groups in total. The molecule has 2 aromatic rings. The lowest BCUT2D eigenvalue weighted by Crippen LogP contribution is -2.11. The second-order valence-corrected chi connectivity index (χ2v) is 8.18. The van der Waals surface area contributed by atoms with Gasteiger partial charge in [0.15, 0.2) is 5.78 Å². The van der Waals surface area contributed by atoms with Gasteiger partial charge in [-0.2, -0.15) is 0 Å². The molecule has 2 aromatic carbocycles. The fourth-order valence-corrected chi connectivity index (χ4v) is 3.56. The topological polar surface area (TPSA) is 26.3 Å². The van der Waals surface area contributed by atoms with Gasteiger partial charge in [-0.3, -0.25) is 4.79 Å². The van der Waals surface area contributed by atoms with E-state index in [1.165, 1.54) is 50.5 Å². The molecule has 0 spiro atoms. The number of unbranched alkanes of at least 4 members (excludes halogenated alkanes) is 5. The summed E-state index contributed by atoms with van der Waals surface area (Å²) in [6.07, 6.45) is 11.7. The number of rotatable bonds is 14. The number of ether oxygens (including phenoxy) is 1.